The molecule has 8 heteroatoms. The van der Waals surface area contributed by atoms with E-state index < -0.39 is 10.0 Å². The van der Waals surface area contributed by atoms with E-state index in [1.165, 1.54) is 21.9 Å². The number of halogens is 1. The van der Waals surface area contributed by atoms with Gasteiger partial charge < -0.3 is 5.32 Å². The van der Waals surface area contributed by atoms with E-state index in [0.29, 0.717) is 22.1 Å². The van der Waals surface area contributed by atoms with Gasteiger partial charge in [-0.1, -0.05) is 23.7 Å². The van der Waals surface area contributed by atoms with Gasteiger partial charge in [0.25, 0.3) is 5.91 Å². The number of thiophene rings is 1. The van der Waals surface area contributed by atoms with Crippen molar-refractivity contribution in [2.24, 2.45) is 0 Å². The summed E-state index contributed by atoms with van der Waals surface area (Å²) in [5.74, 6) is -0.124. The summed E-state index contributed by atoms with van der Waals surface area (Å²) in [5.41, 5.74) is 1.39. The number of fused-ring (bicyclic) bond motifs is 1. The molecule has 142 valence electrons. The Morgan fingerprint density at radius 2 is 1.85 bits per heavy atom. The number of hydrogen-bond donors (Lipinski definition) is 1. The second-order valence-corrected chi connectivity index (χ2v) is 9.52. The van der Waals surface area contributed by atoms with Gasteiger partial charge >= 0.3 is 0 Å². The quantitative estimate of drug-likeness (QED) is 0.645. The summed E-state index contributed by atoms with van der Waals surface area (Å²) in [6, 6.07) is 14.3. The van der Waals surface area contributed by atoms with Gasteiger partial charge in [-0.15, -0.1) is 11.3 Å². The Balaban J connectivity index is 1.97. The van der Waals surface area contributed by atoms with Crippen LogP contribution >= 0.6 is 22.9 Å². The van der Waals surface area contributed by atoms with Gasteiger partial charge in [0.05, 0.1) is 23.4 Å². The summed E-state index contributed by atoms with van der Waals surface area (Å²) in [4.78, 5) is 12.6. The van der Waals surface area contributed by atoms with Crippen LogP contribution in [0, 0.1) is 0 Å². The molecule has 0 spiro atoms. The average molecular weight is 423 g/mol. The Labute approximate surface area is 167 Å². The van der Waals surface area contributed by atoms with E-state index in [1.807, 2.05) is 13.0 Å². The van der Waals surface area contributed by atoms with Crippen LogP contribution < -0.4 is 9.62 Å². The van der Waals surface area contributed by atoms with Gasteiger partial charge in [0.15, 0.2) is 0 Å². The Bertz CT molecular complexity index is 1080. The first-order valence-corrected chi connectivity index (χ1v) is 11.4. The van der Waals surface area contributed by atoms with E-state index in [0.717, 1.165) is 15.6 Å². The average Bonchev–Trinajstić information content (AvgIpc) is 3.03. The predicted octanol–water partition coefficient (Wildman–Crippen LogP) is 4.27. The molecular weight excluding hydrogens is 404 g/mol. The zero-order chi connectivity index (χ0) is 19.6. The number of hydrogen-bond acceptors (Lipinski definition) is 4. The smallest absolute Gasteiger partial charge is 0.261 e. The van der Waals surface area contributed by atoms with Crippen molar-refractivity contribution in [3.63, 3.8) is 0 Å². The third-order valence-corrected chi connectivity index (χ3v) is 6.50. The molecule has 0 bridgehead atoms. The van der Waals surface area contributed by atoms with Crippen LogP contribution in [0.25, 0.3) is 10.1 Å². The number of benzene rings is 2. The molecule has 1 aromatic heterocycles. The monoisotopic (exact) mass is 422 g/mol. The van der Waals surface area contributed by atoms with Crippen LogP contribution in [0.4, 0.5) is 5.69 Å². The number of nitrogens with zero attached hydrogens (tertiary/aromatic N) is 1. The maximum atomic E-state index is 12.4. The molecule has 1 amide bonds. The van der Waals surface area contributed by atoms with E-state index in [9.17, 15) is 13.2 Å². The van der Waals surface area contributed by atoms with Crippen molar-refractivity contribution in [1.82, 2.24) is 5.32 Å². The summed E-state index contributed by atoms with van der Waals surface area (Å²) in [6.07, 6.45) is 1.18. The molecule has 1 heterocycles. The third kappa shape index (κ3) is 4.61. The SMILES string of the molecule is CCNC(=O)c1cc2cc(N(Cc3ccc(Cl)cc3)S(C)(=O)=O)ccc2s1. The molecule has 0 saturated heterocycles. The lowest BCUT2D eigenvalue weighted by atomic mass is 10.2. The minimum atomic E-state index is -3.49. The van der Waals surface area contributed by atoms with Crippen molar-refractivity contribution < 1.29 is 13.2 Å². The molecule has 0 atom stereocenters. The maximum absolute atomic E-state index is 12.4. The minimum absolute atomic E-state index is 0.124. The molecule has 0 unspecified atom stereocenters. The van der Waals surface area contributed by atoms with E-state index in [1.54, 1.807) is 42.5 Å². The van der Waals surface area contributed by atoms with Gasteiger partial charge in [-0.2, -0.15) is 0 Å². The van der Waals surface area contributed by atoms with Crippen molar-refractivity contribution in [3.8, 4) is 0 Å². The molecular formula is C19H19ClN2O3S2. The lowest BCUT2D eigenvalue weighted by Crippen LogP contribution is -2.29. The van der Waals surface area contributed by atoms with Crippen LogP contribution in [0.3, 0.4) is 0 Å². The van der Waals surface area contributed by atoms with Crippen LogP contribution in [-0.2, 0) is 16.6 Å². The largest absolute Gasteiger partial charge is 0.352 e. The van der Waals surface area contributed by atoms with Crippen molar-refractivity contribution in [2.45, 2.75) is 13.5 Å². The van der Waals surface area contributed by atoms with Crippen LogP contribution in [0.15, 0.2) is 48.5 Å². The first kappa shape index (κ1) is 19.7. The van der Waals surface area contributed by atoms with E-state index in [2.05, 4.69) is 5.32 Å². The summed E-state index contributed by atoms with van der Waals surface area (Å²) in [7, 11) is -3.49. The molecule has 3 rings (SSSR count). The highest BCUT2D eigenvalue weighted by Crippen LogP contribution is 2.31. The number of nitrogens with one attached hydrogen (secondary N) is 1. The van der Waals surface area contributed by atoms with Crippen LogP contribution in [-0.4, -0.2) is 27.1 Å². The van der Waals surface area contributed by atoms with Gasteiger partial charge in [-0.25, -0.2) is 8.42 Å². The Morgan fingerprint density at radius 3 is 2.48 bits per heavy atom. The first-order valence-electron chi connectivity index (χ1n) is 8.32. The molecule has 0 radical (unpaired) electrons. The highest BCUT2D eigenvalue weighted by molar-refractivity contribution is 7.92. The number of amides is 1. The summed E-state index contributed by atoms with van der Waals surface area (Å²) in [5, 5.41) is 4.21. The number of carbonyl (C=O) groups is 1. The Morgan fingerprint density at radius 1 is 1.15 bits per heavy atom. The molecule has 5 nitrogen and oxygen atoms in total. The fourth-order valence-electron chi connectivity index (χ4n) is 2.70. The van der Waals surface area contributed by atoms with E-state index in [-0.39, 0.29) is 12.5 Å². The van der Waals surface area contributed by atoms with Crippen molar-refractivity contribution in [1.29, 1.82) is 0 Å². The van der Waals surface area contributed by atoms with Crippen molar-refractivity contribution >= 4 is 54.6 Å². The lowest BCUT2D eigenvalue weighted by molar-refractivity contribution is 0.0960. The van der Waals surface area contributed by atoms with Gasteiger partial charge in [0, 0.05) is 16.3 Å². The number of sulfonamides is 1. The summed E-state index contributed by atoms with van der Waals surface area (Å²) >= 11 is 7.29. The summed E-state index contributed by atoms with van der Waals surface area (Å²) in [6.45, 7) is 2.63. The normalized spacial score (nSPS) is 11.5. The highest BCUT2D eigenvalue weighted by Gasteiger charge is 2.19. The highest BCUT2D eigenvalue weighted by atomic mass is 35.5. The molecule has 0 saturated carbocycles. The van der Waals surface area contributed by atoms with Gasteiger partial charge in [-0.05, 0) is 54.3 Å². The van der Waals surface area contributed by atoms with E-state index in [4.69, 9.17) is 11.6 Å². The second kappa shape index (κ2) is 7.88. The fraction of sp³-hybridized carbons (Fsp3) is 0.211. The van der Waals surface area contributed by atoms with Crippen molar-refractivity contribution in [2.75, 3.05) is 17.1 Å². The molecule has 0 aliphatic heterocycles. The molecule has 0 aliphatic carbocycles. The van der Waals surface area contributed by atoms with Crippen molar-refractivity contribution in [3.05, 3.63) is 64.0 Å². The van der Waals surface area contributed by atoms with Gasteiger partial charge in [-0.3, -0.25) is 9.10 Å². The topological polar surface area (TPSA) is 66.5 Å². The van der Waals surface area contributed by atoms with Gasteiger partial charge in [0.1, 0.15) is 0 Å². The molecule has 0 fully saturated rings. The van der Waals surface area contributed by atoms with Crippen LogP contribution in [0.5, 0.6) is 0 Å². The number of rotatable bonds is 6. The van der Waals surface area contributed by atoms with Crippen LogP contribution in [0.1, 0.15) is 22.2 Å². The first-order chi connectivity index (χ1) is 12.8. The number of carbonyl (C=O) groups excluding carboxylic acids is 1. The molecule has 0 aliphatic rings. The number of anilines is 1. The molecule has 27 heavy (non-hydrogen) atoms. The third-order valence-electron chi connectivity index (χ3n) is 3.99. The fourth-order valence-corrected chi connectivity index (χ4v) is 4.67. The molecule has 2 aromatic carbocycles. The summed E-state index contributed by atoms with van der Waals surface area (Å²) < 4.78 is 27.0. The second-order valence-electron chi connectivity index (χ2n) is 6.09. The Hall–Kier alpha value is -2.09. The standard InChI is InChI=1S/C19H19ClN2O3S2/c1-3-21-19(23)18-11-14-10-16(8-9-17(14)26-18)22(27(2,24)25)12-13-4-6-15(20)7-5-13/h4-11H,3,12H2,1-2H3,(H,21,23). The minimum Gasteiger partial charge on any atom is -0.352 e. The maximum Gasteiger partial charge on any atom is 0.261 e. The Kier molecular flexibility index (Phi) is 5.74. The van der Waals surface area contributed by atoms with Gasteiger partial charge in [0.2, 0.25) is 10.0 Å². The predicted molar refractivity (Wildman–Crippen MR) is 112 cm³/mol. The molecule has 1 N–H and O–H groups in total. The van der Waals surface area contributed by atoms with Crippen LogP contribution in [0.2, 0.25) is 5.02 Å². The zero-order valence-electron chi connectivity index (χ0n) is 14.9. The molecule has 3 aromatic rings. The van der Waals surface area contributed by atoms with E-state index >= 15 is 0 Å². The lowest BCUT2D eigenvalue weighted by Gasteiger charge is -2.22. The zero-order valence-corrected chi connectivity index (χ0v) is 17.3.